The number of piperazine rings is 1. The predicted molar refractivity (Wildman–Crippen MR) is 107 cm³/mol. The Labute approximate surface area is 156 Å². The van der Waals surface area contributed by atoms with Crippen molar-refractivity contribution in [3.05, 3.63) is 54.4 Å². The molecule has 0 spiro atoms. The molecule has 1 aliphatic heterocycles. The molecule has 138 valence electrons. The molecule has 0 unspecified atom stereocenters. The summed E-state index contributed by atoms with van der Waals surface area (Å²) in [5, 5.41) is 2.96. The van der Waals surface area contributed by atoms with E-state index in [9.17, 15) is 4.79 Å². The summed E-state index contributed by atoms with van der Waals surface area (Å²) in [5.41, 5.74) is 2.85. The zero-order valence-electron chi connectivity index (χ0n) is 15.5. The van der Waals surface area contributed by atoms with Gasteiger partial charge in [-0.15, -0.1) is 0 Å². The lowest BCUT2D eigenvalue weighted by atomic mass is 10.2. The molecule has 1 saturated heterocycles. The van der Waals surface area contributed by atoms with E-state index < -0.39 is 0 Å². The second-order valence-electron chi connectivity index (χ2n) is 6.67. The molecule has 3 rings (SSSR count). The van der Waals surface area contributed by atoms with Gasteiger partial charge >= 0.3 is 0 Å². The van der Waals surface area contributed by atoms with Crippen molar-refractivity contribution in [3.63, 3.8) is 0 Å². The SMILES string of the molecule is CCCCCNC(=O)c1cc(N2CCN(c3ccccc3)CC2)ccn1. The largest absolute Gasteiger partial charge is 0.368 e. The molecular formula is C21H28N4O. The Morgan fingerprint density at radius 1 is 1.00 bits per heavy atom. The van der Waals surface area contributed by atoms with Crippen molar-refractivity contribution in [2.24, 2.45) is 0 Å². The molecule has 0 saturated carbocycles. The summed E-state index contributed by atoms with van der Waals surface area (Å²) in [6.45, 7) is 6.71. The lowest BCUT2D eigenvalue weighted by molar-refractivity contribution is 0.0948. The van der Waals surface area contributed by atoms with E-state index >= 15 is 0 Å². The minimum absolute atomic E-state index is 0.0779. The van der Waals surface area contributed by atoms with Crippen LogP contribution in [0.1, 0.15) is 36.7 Å². The van der Waals surface area contributed by atoms with Gasteiger partial charge < -0.3 is 15.1 Å². The number of hydrogen-bond donors (Lipinski definition) is 1. The zero-order chi connectivity index (χ0) is 18.2. The van der Waals surface area contributed by atoms with Crippen molar-refractivity contribution in [2.75, 3.05) is 42.5 Å². The number of carbonyl (C=O) groups is 1. The Morgan fingerprint density at radius 3 is 2.38 bits per heavy atom. The third-order valence-corrected chi connectivity index (χ3v) is 4.81. The van der Waals surface area contributed by atoms with E-state index in [1.54, 1.807) is 6.20 Å². The van der Waals surface area contributed by atoms with Gasteiger partial charge in [-0.1, -0.05) is 38.0 Å². The maximum atomic E-state index is 12.3. The highest BCUT2D eigenvalue weighted by Gasteiger charge is 2.18. The zero-order valence-corrected chi connectivity index (χ0v) is 15.5. The van der Waals surface area contributed by atoms with Crippen molar-refractivity contribution in [3.8, 4) is 0 Å². The molecular weight excluding hydrogens is 324 g/mol. The third-order valence-electron chi connectivity index (χ3n) is 4.81. The smallest absolute Gasteiger partial charge is 0.269 e. The molecule has 26 heavy (non-hydrogen) atoms. The van der Waals surface area contributed by atoms with Gasteiger partial charge in [0.15, 0.2) is 0 Å². The second-order valence-corrected chi connectivity index (χ2v) is 6.67. The first-order chi connectivity index (χ1) is 12.8. The Hall–Kier alpha value is -2.56. The number of rotatable bonds is 7. The van der Waals surface area contributed by atoms with E-state index in [0.717, 1.165) is 51.1 Å². The van der Waals surface area contributed by atoms with Gasteiger partial charge in [0.2, 0.25) is 0 Å². The van der Waals surface area contributed by atoms with Gasteiger partial charge in [0.05, 0.1) is 0 Å². The standard InChI is InChI=1S/C21H28N4O/c1-2-3-7-11-23-21(26)20-17-19(10-12-22-20)25-15-13-24(14-16-25)18-8-5-4-6-9-18/h4-6,8-10,12,17H,2-3,7,11,13-16H2,1H3,(H,23,26). The number of nitrogens with one attached hydrogen (secondary N) is 1. The number of para-hydroxylation sites is 1. The molecule has 0 bridgehead atoms. The molecule has 1 aromatic heterocycles. The van der Waals surface area contributed by atoms with E-state index in [1.165, 1.54) is 5.69 Å². The molecule has 0 radical (unpaired) electrons. The van der Waals surface area contributed by atoms with Crippen molar-refractivity contribution >= 4 is 17.3 Å². The van der Waals surface area contributed by atoms with E-state index in [0.29, 0.717) is 12.2 Å². The Kier molecular flexibility index (Phi) is 6.47. The summed E-state index contributed by atoms with van der Waals surface area (Å²) in [7, 11) is 0. The summed E-state index contributed by atoms with van der Waals surface area (Å²) in [6.07, 6.45) is 5.04. The van der Waals surface area contributed by atoms with Crippen LogP contribution in [0.25, 0.3) is 0 Å². The molecule has 0 aliphatic carbocycles. The quantitative estimate of drug-likeness (QED) is 0.777. The van der Waals surface area contributed by atoms with Crippen molar-refractivity contribution < 1.29 is 4.79 Å². The normalized spacial score (nSPS) is 14.3. The Bertz CT molecular complexity index is 696. The number of carbonyl (C=O) groups excluding carboxylic acids is 1. The first kappa shape index (κ1) is 18.2. The van der Waals surface area contributed by atoms with Gasteiger partial charge in [0, 0.05) is 50.3 Å². The first-order valence-electron chi connectivity index (χ1n) is 9.57. The van der Waals surface area contributed by atoms with Gasteiger partial charge in [-0.25, -0.2) is 0 Å². The van der Waals surface area contributed by atoms with Gasteiger partial charge in [-0.3, -0.25) is 9.78 Å². The monoisotopic (exact) mass is 352 g/mol. The lowest BCUT2D eigenvalue weighted by Gasteiger charge is -2.37. The average Bonchev–Trinajstić information content (AvgIpc) is 2.72. The van der Waals surface area contributed by atoms with Crippen LogP contribution >= 0.6 is 0 Å². The highest BCUT2D eigenvalue weighted by molar-refractivity contribution is 5.93. The number of amides is 1. The highest BCUT2D eigenvalue weighted by atomic mass is 16.1. The minimum Gasteiger partial charge on any atom is -0.368 e. The van der Waals surface area contributed by atoms with Crippen LogP contribution in [0.4, 0.5) is 11.4 Å². The number of hydrogen-bond acceptors (Lipinski definition) is 4. The fourth-order valence-electron chi connectivity index (χ4n) is 3.27. The summed E-state index contributed by atoms with van der Waals surface area (Å²) in [4.78, 5) is 21.3. The molecule has 1 aliphatic rings. The van der Waals surface area contributed by atoms with Crippen LogP contribution in [0.2, 0.25) is 0 Å². The summed E-state index contributed by atoms with van der Waals surface area (Å²) >= 11 is 0. The van der Waals surface area contributed by atoms with Crippen LogP contribution in [-0.4, -0.2) is 43.6 Å². The third kappa shape index (κ3) is 4.75. The molecule has 1 amide bonds. The van der Waals surface area contributed by atoms with Crippen molar-refractivity contribution in [1.29, 1.82) is 0 Å². The van der Waals surface area contributed by atoms with Gasteiger partial charge in [0.25, 0.3) is 5.91 Å². The molecule has 2 heterocycles. The number of benzene rings is 1. The predicted octanol–water partition coefficient (Wildman–Crippen LogP) is 3.33. The maximum absolute atomic E-state index is 12.3. The van der Waals surface area contributed by atoms with Crippen LogP contribution in [0.5, 0.6) is 0 Å². The van der Waals surface area contributed by atoms with Gasteiger partial charge in [-0.2, -0.15) is 0 Å². The second kappa shape index (κ2) is 9.22. The molecule has 2 aromatic rings. The fraction of sp³-hybridized carbons (Fsp3) is 0.429. The molecule has 5 nitrogen and oxygen atoms in total. The molecule has 0 atom stereocenters. The highest BCUT2D eigenvalue weighted by Crippen LogP contribution is 2.20. The Morgan fingerprint density at radius 2 is 1.69 bits per heavy atom. The molecule has 1 aromatic carbocycles. The van der Waals surface area contributed by atoms with Crippen molar-refractivity contribution in [2.45, 2.75) is 26.2 Å². The van der Waals surface area contributed by atoms with E-state index in [-0.39, 0.29) is 5.91 Å². The maximum Gasteiger partial charge on any atom is 0.269 e. The summed E-state index contributed by atoms with van der Waals surface area (Å²) in [6, 6.07) is 14.4. The summed E-state index contributed by atoms with van der Waals surface area (Å²) < 4.78 is 0. The molecule has 5 heteroatoms. The van der Waals surface area contributed by atoms with Crippen molar-refractivity contribution in [1.82, 2.24) is 10.3 Å². The molecule has 1 N–H and O–H groups in total. The van der Waals surface area contributed by atoms with Crippen LogP contribution in [0, 0.1) is 0 Å². The van der Waals surface area contributed by atoms with Crippen LogP contribution in [-0.2, 0) is 0 Å². The fourth-order valence-corrected chi connectivity index (χ4v) is 3.27. The summed E-state index contributed by atoms with van der Waals surface area (Å²) in [5.74, 6) is -0.0779. The van der Waals surface area contributed by atoms with Gasteiger partial charge in [-0.05, 0) is 30.7 Å². The van der Waals surface area contributed by atoms with Crippen LogP contribution in [0.15, 0.2) is 48.7 Å². The number of unbranched alkanes of at least 4 members (excludes halogenated alkanes) is 2. The van der Waals surface area contributed by atoms with Gasteiger partial charge in [0.1, 0.15) is 5.69 Å². The van der Waals surface area contributed by atoms with Crippen LogP contribution in [0.3, 0.4) is 0 Å². The lowest BCUT2D eigenvalue weighted by Crippen LogP contribution is -2.46. The van der Waals surface area contributed by atoms with E-state index in [4.69, 9.17) is 0 Å². The van der Waals surface area contributed by atoms with E-state index in [2.05, 4.69) is 51.3 Å². The Balaban J connectivity index is 1.56. The number of anilines is 2. The first-order valence-corrected chi connectivity index (χ1v) is 9.57. The minimum atomic E-state index is -0.0779. The van der Waals surface area contributed by atoms with E-state index in [1.807, 2.05) is 18.2 Å². The van der Waals surface area contributed by atoms with Crippen LogP contribution < -0.4 is 15.1 Å². The average molecular weight is 352 g/mol. The molecule has 1 fully saturated rings. The number of pyridine rings is 1. The number of nitrogens with zero attached hydrogens (tertiary/aromatic N) is 3. The number of aromatic nitrogens is 1. The topological polar surface area (TPSA) is 48.5 Å².